The number of benzene rings is 1. The molecule has 0 bridgehead atoms. The fourth-order valence-corrected chi connectivity index (χ4v) is 2.19. The number of ether oxygens (including phenoxy) is 1. The predicted molar refractivity (Wildman–Crippen MR) is 61.8 cm³/mol. The van der Waals surface area contributed by atoms with E-state index in [0.29, 0.717) is 0 Å². The van der Waals surface area contributed by atoms with Crippen LogP contribution in [0.2, 0.25) is 0 Å². The van der Waals surface area contributed by atoms with E-state index in [1.165, 1.54) is 0 Å². The Morgan fingerprint density at radius 1 is 1.26 bits per heavy atom. The van der Waals surface area contributed by atoms with Crippen LogP contribution in [0.4, 0.5) is 13.2 Å². The van der Waals surface area contributed by atoms with E-state index in [1.807, 2.05) is 0 Å². The lowest BCUT2D eigenvalue weighted by Gasteiger charge is -2.09. The monoisotopic (exact) mass is 293 g/mol. The Morgan fingerprint density at radius 3 is 2.32 bits per heavy atom. The van der Waals surface area contributed by atoms with E-state index >= 15 is 0 Å². The molecule has 8 heteroatoms. The van der Waals surface area contributed by atoms with Crippen LogP contribution < -0.4 is 9.46 Å². The second-order valence-electron chi connectivity index (χ2n) is 3.37. The molecule has 0 saturated heterocycles. The highest BCUT2D eigenvalue weighted by molar-refractivity contribution is 7.89. The van der Waals surface area contributed by atoms with Gasteiger partial charge in [0.05, 0.1) is 4.90 Å². The Kier molecular flexibility index (Phi) is 4.80. The van der Waals surface area contributed by atoms with Crippen LogP contribution in [0.15, 0.2) is 29.2 Å². The van der Waals surface area contributed by atoms with Gasteiger partial charge in [0.25, 0.3) is 0 Å². The maximum absolute atomic E-state index is 11.9. The van der Waals surface area contributed by atoms with Crippen LogP contribution in [-0.2, 0) is 10.0 Å². The van der Waals surface area contributed by atoms with Crippen molar-refractivity contribution in [3.8, 4) is 18.1 Å². The van der Waals surface area contributed by atoms with Crippen LogP contribution >= 0.6 is 0 Å². The molecule has 0 aliphatic rings. The number of halogens is 3. The first-order chi connectivity index (χ1) is 8.74. The van der Waals surface area contributed by atoms with Crippen molar-refractivity contribution in [1.82, 2.24) is 4.72 Å². The molecule has 0 radical (unpaired) electrons. The summed E-state index contributed by atoms with van der Waals surface area (Å²) in [7, 11) is -3.78. The Labute approximate surface area is 108 Å². The average Bonchev–Trinajstić information content (AvgIpc) is 2.27. The van der Waals surface area contributed by atoms with E-state index in [1.54, 1.807) is 0 Å². The predicted octanol–water partition coefficient (Wildman–Crippen LogP) is 1.89. The lowest BCUT2D eigenvalue weighted by Crippen LogP contribution is -2.24. The van der Waals surface area contributed by atoms with Gasteiger partial charge in [0, 0.05) is 13.0 Å². The second kappa shape index (κ2) is 5.95. The summed E-state index contributed by atoms with van der Waals surface area (Å²) in [4.78, 5) is -0.168. The van der Waals surface area contributed by atoms with Crippen molar-refractivity contribution in [2.45, 2.75) is 17.7 Å². The summed E-state index contributed by atoms with van der Waals surface area (Å²) in [5.74, 6) is 1.76. The largest absolute Gasteiger partial charge is 0.573 e. The molecule has 19 heavy (non-hydrogen) atoms. The Hall–Kier alpha value is -1.72. The molecular weight excluding hydrogens is 283 g/mol. The number of alkyl halides is 3. The molecular formula is C11H10F3NO3S. The number of nitrogens with one attached hydrogen (secondary N) is 1. The molecule has 0 saturated carbocycles. The van der Waals surface area contributed by atoms with Gasteiger partial charge in [-0.2, -0.15) is 0 Å². The fourth-order valence-electron chi connectivity index (χ4n) is 1.16. The minimum absolute atomic E-state index is 0.0552. The molecule has 0 aliphatic carbocycles. The molecule has 0 fully saturated rings. The minimum atomic E-state index is -4.81. The summed E-state index contributed by atoms with van der Waals surface area (Å²) in [5.41, 5.74) is 0. The normalized spacial score (nSPS) is 11.9. The molecule has 104 valence electrons. The van der Waals surface area contributed by atoms with Crippen LogP contribution in [0.25, 0.3) is 0 Å². The first-order valence-electron chi connectivity index (χ1n) is 5.03. The quantitative estimate of drug-likeness (QED) is 0.666. The van der Waals surface area contributed by atoms with Gasteiger partial charge in [0.15, 0.2) is 0 Å². The summed E-state index contributed by atoms with van der Waals surface area (Å²) < 4.78 is 64.9. The van der Waals surface area contributed by atoms with Crippen molar-refractivity contribution >= 4 is 10.0 Å². The summed E-state index contributed by atoms with van der Waals surface area (Å²) in [6.45, 7) is 0.0552. The summed E-state index contributed by atoms with van der Waals surface area (Å²) in [6.07, 6.45) is 0.370. The van der Waals surface area contributed by atoms with Gasteiger partial charge in [-0.1, -0.05) is 0 Å². The third-order valence-corrected chi connectivity index (χ3v) is 3.41. The SMILES string of the molecule is C#CCCNS(=O)(=O)c1ccc(OC(F)(F)F)cc1. The molecule has 1 aromatic rings. The molecule has 0 amide bonds. The Morgan fingerprint density at radius 2 is 1.84 bits per heavy atom. The van der Waals surface area contributed by atoms with E-state index < -0.39 is 22.1 Å². The van der Waals surface area contributed by atoms with Gasteiger partial charge in [-0.25, -0.2) is 13.1 Å². The van der Waals surface area contributed by atoms with Gasteiger partial charge in [-0.3, -0.25) is 0 Å². The molecule has 4 nitrogen and oxygen atoms in total. The number of terminal acetylenes is 1. The molecule has 0 heterocycles. The van der Waals surface area contributed by atoms with E-state index in [-0.39, 0.29) is 17.9 Å². The van der Waals surface area contributed by atoms with Crippen LogP contribution in [0.5, 0.6) is 5.75 Å². The van der Waals surface area contributed by atoms with Gasteiger partial charge in [-0.05, 0) is 24.3 Å². The zero-order chi connectivity index (χ0) is 14.5. The highest BCUT2D eigenvalue weighted by Crippen LogP contribution is 2.23. The maximum atomic E-state index is 11.9. The molecule has 1 aromatic carbocycles. The molecule has 0 aromatic heterocycles. The first kappa shape index (κ1) is 15.3. The smallest absolute Gasteiger partial charge is 0.406 e. The van der Waals surface area contributed by atoms with Gasteiger partial charge in [-0.15, -0.1) is 25.5 Å². The first-order valence-corrected chi connectivity index (χ1v) is 6.52. The highest BCUT2D eigenvalue weighted by atomic mass is 32.2. The van der Waals surface area contributed by atoms with E-state index in [2.05, 4.69) is 15.4 Å². The zero-order valence-electron chi connectivity index (χ0n) is 9.57. The van der Waals surface area contributed by atoms with E-state index in [9.17, 15) is 21.6 Å². The Bertz CT molecular complexity index is 558. The Balaban J connectivity index is 2.78. The van der Waals surface area contributed by atoms with Gasteiger partial charge in [0.2, 0.25) is 10.0 Å². The maximum Gasteiger partial charge on any atom is 0.573 e. The van der Waals surface area contributed by atoms with Crippen molar-refractivity contribution in [3.05, 3.63) is 24.3 Å². The van der Waals surface area contributed by atoms with Crippen LogP contribution in [0.1, 0.15) is 6.42 Å². The highest BCUT2D eigenvalue weighted by Gasteiger charge is 2.31. The van der Waals surface area contributed by atoms with Crippen LogP contribution in [-0.4, -0.2) is 21.3 Å². The molecule has 0 spiro atoms. The standard InChI is InChI=1S/C11H10F3NO3S/c1-2-3-8-15-19(16,17)10-6-4-9(5-7-10)18-11(12,13)14/h1,4-7,15H,3,8H2. The van der Waals surface area contributed by atoms with Crippen molar-refractivity contribution < 1.29 is 26.3 Å². The van der Waals surface area contributed by atoms with E-state index in [4.69, 9.17) is 6.42 Å². The molecule has 0 unspecified atom stereocenters. The van der Waals surface area contributed by atoms with Crippen molar-refractivity contribution in [2.75, 3.05) is 6.54 Å². The van der Waals surface area contributed by atoms with Gasteiger partial charge >= 0.3 is 6.36 Å². The van der Waals surface area contributed by atoms with Crippen molar-refractivity contribution in [1.29, 1.82) is 0 Å². The summed E-state index contributed by atoms with van der Waals surface area (Å²) in [6, 6.07) is 3.87. The molecule has 1 N–H and O–H groups in total. The second-order valence-corrected chi connectivity index (χ2v) is 5.14. The van der Waals surface area contributed by atoms with Gasteiger partial charge in [0.1, 0.15) is 5.75 Å². The topological polar surface area (TPSA) is 55.4 Å². The number of rotatable bonds is 5. The number of hydrogen-bond donors (Lipinski definition) is 1. The molecule has 0 atom stereocenters. The fraction of sp³-hybridized carbons (Fsp3) is 0.273. The van der Waals surface area contributed by atoms with Gasteiger partial charge < -0.3 is 4.74 Å². The van der Waals surface area contributed by atoms with Crippen molar-refractivity contribution in [2.24, 2.45) is 0 Å². The number of sulfonamides is 1. The molecule has 1 rings (SSSR count). The lowest BCUT2D eigenvalue weighted by atomic mass is 10.3. The lowest BCUT2D eigenvalue weighted by molar-refractivity contribution is -0.274. The van der Waals surface area contributed by atoms with Crippen LogP contribution in [0.3, 0.4) is 0 Å². The average molecular weight is 293 g/mol. The number of hydrogen-bond acceptors (Lipinski definition) is 3. The summed E-state index contributed by atoms with van der Waals surface area (Å²) >= 11 is 0. The third-order valence-electron chi connectivity index (χ3n) is 1.93. The third kappa shape index (κ3) is 5.19. The molecule has 0 aliphatic heterocycles. The zero-order valence-corrected chi connectivity index (χ0v) is 10.4. The van der Waals surface area contributed by atoms with Crippen molar-refractivity contribution in [3.63, 3.8) is 0 Å². The van der Waals surface area contributed by atoms with E-state index in [0.717, 1.165) is 24.3 Å². The van der Waals surface area contributed by atoms with Crippen LogP contribution in [0, 0.1) is 12.3 Å². The minimum Gasteiger partial charge on any atom is -0.406 e. The summed E-state index contributed by atoms with van der Waals surface area (Å²) in [5, 5.41) is 0.